The van der Waals surface area contributed by atoms with Crippen LogP contribution in [-0.2, 0) is 13.6 Å². The van der Waals surface area contributed by atoms with Gasteiger partial charge in [0.15, 0.2) is 0 Å². The lowest BCUT2D eigenvalue weighted by molar-refractivity contribution is 0.102. The molecule has 25 heavy (non-hydrogen) atoms. The molecule has 2 rings (SSSR count). The number of hydrogen-bond donors (Lipinski definition) is 1. The second kappa shape index (κ2) is 8.81. The fraction of sp³-hybridized carbons (Fsp3) is 0.278. The maximum Gasteiger partial charge on any atom is 0.363 e. The van der Waals surface area contributed by atoms with Crippen molar-refractivity contribution in [2.45, 2.75) is 13.8 Å². The van der Waals surface area contributed by atoms with Crippen LogP contribution in [0.2, 0.25) is 0 Å². The van der Waals surface area contributed by atoms with E-state index in [1.807, 2.05) is 6.07 Å². The van der Waals surface area contributed by atoms with Crippen molar-refractivity contribution in [3.05, 3.63) is 54.1 Å². The number of ether oxygens (including phenoxy) is 1. The summed E-state index contributed by atoms with van der Waals surface area (Å²) in [7, 11) is -2.08. The van der Waals surface area contributed by atoms with Gasteiger partial charge in [0.1, 0.15) is 5.75 Å². The van der Waals surface area contributed by atoms with E-state index in [1.165, 1.54) is 7.11 Å². The lowest BCUT2D eigenvalue weighted by Crippen LogP contribution is -2.21. The minimum absolute atomic E-state index is 0.209. The summed E-state index contributed by atoms with van der Waals surface area (Å²) in [5.41, 5.74) is 0.854. The van der Waals surface area contributed by atoms with Crippen LogP contribution in [0.1, 0.15) is 24.2 Å². The zero-order chi connectivity index (χ0) is 18.3. The summed E-state index contributed by atoms with van der Waals surface area (Å²) < 4.78 is 29.2. The van der Waals surface area contributed by atoms with Crippen molar-refractivity contribution < 1.29 is 23.1 Å². The van der Waals surface area contributed by atoms with Gasteiger partial charge in [0, 0.05) is 5.56 Å². The molecule has 0 aliphatic carbocycles. The molecule has 134 valence electrons. The monoisotopic (exact) mass is 363 g/mol. The molecule has 0 saturated carbocycles. The van der Waals surface area contributed by atoms with E-state index in [2.05, 4.69) is 5.32 Å². The molecule has 0 aliphatic rings. The van der Waals surface area contributed by atoms with Crippen molar-refractivity contribution in [2.24, 2.45) is 0 Å². The van der Waals surface area contributed by atoms with Crippen LogP contribution in [0.25, 0.3) is 0 Å². The Morgan fingerprint density at radius 2 is 1.68 bits per heavy atom. The molecule has 2 aromatic rings. The Bertz CT molecular complexity index is 753. The highest BCUT2D eigenvalue weighted by molar-refractivity contribution is 7.62. The minimum Gasteiger partial charge on any atom is -0.497 e. The first-order valence-electron chi connectivity index (χ1n) is 7.98. The van der Waals surface area contributed by atoms with Gasteiger partial charge in [-0.25, -0.2) is 0 Å². The summed E-state index contributed by atoms with van der Waals surface area (Å²) in [6, 6.07) is 13.6. The number of hydrogen-bond acceptors (Lipinski definition) is 5. The second-order valence-corrected chi connectivity index (χ2v) is 7.03. The quantitative estimate of drug-likeness (QED) is 0.722. The molecule has 0 atom stereocenters. The summed E-state index contributed by atoms with van der Waals surface area (Å²) in [4.78, 5) is 12.4. The van der Waals surface area contributed by atoms with Gasteiger partial charge in [-0.05, 0) is 44.2 Å². The van der Waals surface area contributed by atoms with Crippen molar-refractivity contribution in [1.82, 2.24) is 0 Å². The summed E-state index contributed by atoms with van der Waals surface area (Å²) in [6.45, 7) is 3.88. The fourth-order valence-electron chi connectivity index (χ4n) is 2.27. The van der Waals surface area contributed by atoms with Crippen molar-refractivity contribution in [2.75, 3.05) is 25.6 Å². The normalized spacial score (nSPS) is 11.2. The van der Waals surface area contributed by atoms with E-state index in [-0.39, 0.29) is 24.4 Å². The van der Waals surface area contributed by atoms with Crippen molar-refractivity contribution in [3.63, 3.8) is 0 Å². The van der Waals surface area contributed by atoms with Gasteiger partial charge < -0.3 is 19.1 Å². The zero-order valence-electron chi connectivity index (χ0n) is 14.5. The van der Waals surface area contributed by atoms with Crippen LogP contribution in [0.4, 0.5) is 5.69 Å². The van der Waals surface area contributed by atoms with Crippen molar-refractivity contribution in [1.29, 1.82) is 0 Å². The Balaban J connectivity index is 2.44. The number of benzene rings is 2. The van der Waals surface area contributed by atoms with Gasteiger partial charge in [-0.15, -0.1) is 0 Å². The van der Waals surface area contributed by atoms with Crippen LogP contribution >= 0.6 is 7.60 Å². The third-order valence-corrected chi connectivity index (χ3v) is 5.54. The number of amides is 1. The van der Waals surface area contributed by atoms with Gasteiger partial charge in [-0.3, -0.25) is 9.36 Å². The predicted molar refractivity (Wildman–Crippen MR) is 97.9 cm³/mol. The van der Waals surface area contributed by atoms with E-state index in [4.69, 9.17) is 13.8 Å². The number of nitrogens with one attached hydrogen (secondary N) is 1. The van der Waals surface area contributed by atoms with E-state index in [1.54, 1.807) is 56.3 Å². The lowest BCUT2D eigenvalue weighted by Gasteiger charge is -2.21. The Kier molecular flexibility index (Phi) is 6.76. The van der Waals surface area contributed by atoms with Crippen LogP contribution in [0.3, 0.4) is 0 Å². The molecule has 0 aliphatic heterocycles. The summed E-state index contributed by atoms with van der Waals surface area (Å²) in [6.07, 6.45) is 0. The molecular formula is C18H22NO5P. The first kappa shape index (κ1) is 19.2. The molecule has 7 heteroatoms. The van der Waals surface area contributed by atoms with Crippen LogP contribution in [0.15, 0.2) is 48.5 Å². The van der Waals surface area contributed by atoms with E-state index in [0.29, 0.717) is 17.0 Å². The first-order valence-corrected chi connectivity index (χ1v) is 9.52. The van der Waals surface area contributed by atoms with Crippen molar-refractivity contribution in [3.8, 4) is 5.75 Å². The third kappa shape index (κ3) is 4.69. The lowest BCUT2D eigenvalue weighted by atomic mass is 10.2. The number of rotatable bonds is 8. The Labute approximate surface area is 147 Å². The number of methoxy groups -OCH3 is 1. The standard InChI is InChI=1S/C18H22NO5P/c1-4-23-25(21,24-5-2)17-13-15(22-3)11-12-16(17)19-18(20)14-9-7-6-8-10-14/h6-13H,4-5H2,1-3H3,(H,19,20). The number of carbonyl (C=O) groups is 1. The maximum absolute atomic E-state index is 13.2. The second-order valence-electron chi connectivity index (χ2n) is 5.04. The number of carbonyl (C=O) groups excluding carboxylic acids is 1. The van der Waals surface area contributed by atoms with Crippen LogP contribution < -0.4 is 15.4 Å². The highest BCUT2D eigenvalue weighted by Gasteiger charge is 2.31. The van der Waals surface area contributed by atoms with Crippen LogP contribution in [0.5, 0.6) is 5.75 Å². The average Bonchev–Trinajstić information content (AvgIpc) is 2.63. The van der Waals surface area contributed by atoms with Gasteiger partial charge in [0.2, 0.25) is 0 Å². The summed E-state index contributed by atoms with van der Waals surface area (Å²) in [5, 5.41) is 3.04. The summed E-state index contributed by atoms with van der Waals surface area (Å²) >= 11 is 0. The molecule has 0 aromatic heterocycles. The maximum atomic E-state index is 13.2. The third-order valence-electron chi connectivity index (χ3n) is 3.38. The highest BCUT2D eigenvalue weighted by Crippen LogP contribution is 2.49. The molecule has 2 aromatic carbocycles. The van der Waals surface area contributed by atoms with Crippen molar-refractivity contribution >= 4 is 24.5 Å². The van der Waals surface area contributed by atoms with Gasteiger partial charge in [0.25, 0.3) is 5.91 Å². The number of anilines is 1. The van der Waals surface area contributed by atoms with Gasteiger partial charge in [-0.1, -0.05) is 18.2 Å². The van der Waals surface area contributed by atoms with Gasteiger partial charge in [0.05, 0.1) is 31.3 Å². The molecule has 0 unspecified atom stereocenters. The molecule has 1 amide bonds. The molecule has 0 bridgehead atoms. The minimum atomic E-state index is -3.59. The average molecular weight is 363 g/mol. The molecule has 0 radical (unpaired) electrons. The predicted octanol–water partition coefficient (Wildman–Crippen LogP) is 3.84. The molecule has 0 saturated heterocycles. The van der Waals surface area contributed by atoms with E-state index in [0.717, 1.165) is 0 Å². The molecule has 6 nitrogen and oxygen atoms in total. The van der Waals surface area contributed by atoms with Crippen LogP contribution in [-0.4, -0.2) is 26.2 Å². The SMILES string of the molecule is CCOP(=O)(OCC)c1cc(OC)ccc1NC(=O)c1ccccc1. The first-order chi connectivity index (χ1) is 12.0. The summed E-state index contributed by atoms with van der Waals surface area (Å²) in [5.74, 6) is 0.180. The largest absolute Gasteiger partial charge is 0.497 e. The molecule has 0 spiro atoms. The smallest absolute Gasteiger partial charge is 0.363 e. The van der Waals surface area contributed by atoms with E-state index >= 15 is 0 Å². The zero-order valence-corrected chi connectivity index (χ0v) is 15.4. The highest BCUT2D eigenvalue weighted by atomic mass is 31.2. The van der Waals surface area contributed by atoms with Crippen LogP contribution in [0, 0.1) is 0 Å². The molecular weight excluding hydrogens is 341 g/mol. The van der Waals surface area contributed by atoms with Gasteiger partial charge >= 0.3 is 7.60 Å². The Morgan fingerprint density at radius 3 is 2.24 bits per heavy atom. The molecule has 1 N–H and O–H groups in total. The van der Waals surface area contributed by atoms with E-state index < -0.39 is 7.60 Å². The fourth-order valence-corrected chi connectivity index (χ4v) is 4.01. The Morgan fingerprint density at radius 1 is 1.04 bits per heavy atom. The van der Waals surface area contributed by atoms with Gasteiger partial charge in [-0.2, -0.15) is 0 Å². The topological polar surface area (TPSA) is 73.9 Å². The molecule has 0 heterocycles. The Hall–Kier alpha value is -2.14. The van der Waals surface area contributed by atoms with E-state index in [9.17, 15) is 9.36 Å². The molecule has 0 fully saturated rings.